The Hall–Kier alpha value is -0.690. The van der Waals surface area contributed by atoms with Gasteiger partial charge in [0.15, 0.2) is 0 Å². The summed E-state index contributed by atoms with van der Waals surface area (Å²) in [6.45, 7) is 2.47. The van der Waals surface area contributed by atoms with Crippen LogP contribution in [0.5, 0.6) is 0 Å². The zero-order chi connectivity index (χ0) is 13.3. The van der Waals surface area contributed by atoms with Crippen molar-refractivity contribution in [3.63, 3.8) is 0 Å². The molecule has 0 saturated carbocycles. The van der Waals surface area contributed by atoms with Gasteiger partial charge >= 0.3 is 0 Å². The lowest BCUT2D eigenvalue weighted by Crippen LogP contribution is -2.40. The van der Waals surface area contributed by atoms with Crippen LogP contribution in [0.15, 0.2) is 23.2 Å². The molecule has 1 aliphatic heterocycles. The molecule has 1 aromatic heterocycles. The Bertz CT molecular complexity index is 518. The first-order valence-electron chi connectivity index (χ1n) is 5.64. The van der Waals surface area contributed by atoms with E-state index in [0.29, 0.717) is 13.0 Å². The number of likely N-dealkylation sites (N-methyl/N-ethyl adjacent to an activating group) is 1. The molecule has 0 radical (unpaired) electrons. The summed E-state index contributed by atoms with van der Waals surface area (Å²) in [7, 11) is -1.97. The lowest BCUT2D eigenvalue weighted by molar-refractivity contribution is 0.102. The fourth-order valence-corrected chi connectivity index (χ4v) is 3.56. The summed E-state index contributed by atoms with van der Waals surface area (Å²) >= 11 is 5.65. The summed E-state index contributed by atoms with van der Waals surface area (Å²) < 4.78 is 31.5. The van der Waals surface area contributed by atoms with Gasteiger partial charge in [-0.05, 0) is 25.5 Å². The average molecular weight is 291 g/mol. The molecule has 1 aromatic rings. The second-order valence-corrected chi connectivity index (χ2v) is 6.65. The minimum Gasteiger partial charge on any atom is -0.377 e. The van der Waals surface area contributed by atoms with Crippen molar-refractivity contribution >= 4 is 21.6 Å². The average Bonchev–Trinajstić information content (AvgIpc) is 2.75. The normalized spacial score (nSPS) is 24.7. The second kappa shape index (κ2) is 5.13. The minimum atomic E-state index is -3.54. The highest BCUT2D eigenvalue weighted by atomic mass is 35.5. The van der Waals surface area contributed by atoms with E-state index in [9.17, 15) is 8.42 Å². The molecule has 2 atom stereocenters. The van der Waals surface area contributed by atoms with E-state index < -0.39 is 10.0 Å². The van der Waals surface area contributed by atoms with E-state index >= 15 is 0 Å². The molecule has 2 heterocycles. The highest BCUT2D eigenvalue weighted by Gasteiger charge is 2.35. The number of sulfonamides is 1. The number of hydrogen-bond donors (Lipinski definition) is 0. The first-order valence-corrected chi connectivity index (χ1v) is 7.46. The number of ether oxygens (including phenoxy) is 1. The molecule has 0 N–H and O–H groups in total. The molecule has 1 aliphatic rings. The molecular formula is C11H15ClN2O3S. The topological polar surface area (TPSA) is 59.5 Å². The van der Waals surface area contributed by atoms with Crippen LogP contribution in [0.1, 0.15) is 13.3 Å². The van der Waals surface area contributed by atoms with Crippen LogP contribution in [0.2, 0.25) is 5.15 Å². The van der Waals surface area contributed by atoms with Crippen molar-refractivity contribution in [2.45, 2.75) is 30.4 Å². The Morgan fingerprint density at radius 1 is 1.50 bits per heavy atom. The van der Waals surface area contributed by atoms with Crippen molar-refractivity contribution < 1.29 is 13.2 Å². The van der Waals surface area contributed by atoms with E-state index in [4.69, 9.17) is 16.3 Å². The van der Waals surface area contributed by atoms with E-state index in [-0.39, 0.29) is 22.2 Å². The summed E-state index contributed by atoms with van der Waals surface area (Å²) in [6, 6.07) is 2.80. The third-order valence-electron chi connectivity index (χ3n) is 3.18. The number of aromatic nitrogens is 1. The molecule has 0 aromatic carbocycles. The smallest absolute Gasteiger partial charge is 0.244 e. The summed E-state index contributed by atoms with van der Waals surface area (Å²) in [4.78, 5) is 3.95. The maximum Gasteiger partial charge on any atom is 0.244 e. The van der Waals surface area contributed by atoms with E-state index in [2.05, 4.69) is 4.98 Å². The highest BCUT2D eigenvalue weighted by Crippen LogP contribution is 2.24. The van der Waals surface area contributed by atoms with E-state index in [1.165, 1.54) is 22.6 Å². The fourth-order valence-electron chi connectivity index (χ4n) is 2.06. The lowest BCUT2D eigenvalue weighted by atomic mass is 10.2. The molecule has 100 valence electrons. The van der Waals surface area contributed by atoms with E-state index in [0.717, 1.165) is 0 Å². The minimum absolute atomic E-state index is 0.0926. The molecule has 18 heavy (non-hydrogen) atoms. The Balaban J connectivity index is 2.28. The largest absolute Gasteiger partial charge is 0.377 e. The third kappa shape index (κ3) is 2.51. The lowest BCUT2D eigenvalue weighted by Gasteiger charge is -2.25. The monoisotopic (exact) mass is 290 g/mol. The molecular weight excluding hydrogens is 276 g/mol. The van der Waals surface area contributed by atoms with Crippen molar-refractivity contribution in [2.75, 3.05) is 13.7 Å². The second-order valence-electron chi connectivity index (χ2n) is 4.27. The highest BCUT2D eigenvalue weighted by molar-refractivity contribution is 7.89. The van der Waals surface area contributed by atoms with Crippen LogP contribution >= 0.6 is 11.6 Å². The number of halogens is 1. The summed E-state index contributed by atoms with van der Waals surface area (Å²) in [5, 5.41) is 0.272. The zero-order valence-corrected chi connectivity index (χ0v) is 11.8. The standard InChI is InChI=1S/C11H15ClN2O3S/c1-8-10(5-6-17-8)14(2)18(15,16)9-3-4-11(12)13-7-9/h3-4,7-8,10H,5-6H2,1-2H3. The predicted octanol–water partition coefficient (Wildman–Crippen LogP) is 1.53. The molecule has 2 unspecified atom stereocenters. The summed E-state index contributed by atoms with van der Waals surface area (Å²) in [6.07, 6.45) is 1.89. The van der Waals surface area contributed by atoms with Gasteiger partial charge in [0.2, 0.25) is 10.0 Å². The summed E-state index contributed by atoms with van der Waals surface area (Å²) in [5.41, 5.74) is 0. The Morgan fingerprint density at radius 2 is 2.22 bits per heavy atom. The van der Waals surface area contributed by atoms with Gasteiger partial charge in [-0.25, -0.2) is 13.4 Å². The van der Waals surface area contributed by atoms with Gasteiger partial charge in [0.05, 0.1) is 12.1 Å². The van der Waals surface area contributed by atoms with Gasteiger partial charge in [-0.2, -0.15) is 4.31 Å². The molecule has 7 heteroatoms. The van der Waals surface area contributed by atoms with Crippen molar-refractivity contribution in [3.8, 4) is 0 Å². The SMILES string of the molecule is CC1OCCC1N(C)S(=O)(=O)c1ccc(Cl)nc1. The van der Waals surface area contributed by atoms with Gasteiger partial charge in [-0.1, -0.05) is 11.6 Å². The maximum absolute atomic E-state index is 12.4. The van der Waals surface area contributed by atoms with Gasteiger partial charge < -0.3 is 4.74 Å². The van der Waals surface area contributed by atoms with Gasteiger partial charge in [0.25, 0.3) is 0 Å². The fraction of sp³-hybridized carbons (Fsp3) is 0.545. The molecule has 1 fully saturated rings. The Kier molecular flexibility index (Phi) is 3.91. The first-order chi connectivity index (χ1) is 8.43. The molecule has 0 bridgehead atoms. The van der Waals surface area contributed by atoms with Crippen LogP contribution in [0.25, 0.3) is 0 Å². The van der Waals surface area contributed by atoms with Crippen molar-refractivity contribution in [3.05, 3.63) is 23.5 Å². The third-order valence-corrected chi connectivity index (χ3v) is 5.27. The molecule has 1 saturated heterocycles. The van der Waals surface area contributed by atoms with E-state index in [1.807, 2.05) is 6.92 Å². The molecule has 0 amide bonds. The Morgan fingerprint density at radius 3 is 2.72 bits per heavy atom. The first kappa shape index (κ1) is 13.7. The van der Waals surface area contributed by atoms with Crippen molar-refractivity contribution in [1.29, 1.82) is 0 Å². The van der Waals surface area contributed by atoms with Gasteiger partial charge in [-0.15, -0.1) is 0 Å². The quantitative estimate of drug-likeness (QED) is 0.792. The number of rotatable bonds is 3. The zero-order valence-electron chi connectivity index (χ0n) is 10.2. The molecule has 0 spiro atoms. The van der Waals surface area contributed by atoms with Crippen LogP contribution in [-0.4, -0.2) is 43.5 Å². The van der Waals surface area contributed by atoms with Crippen molar-refractivity contribution in [2.24, 2.45) is 0 Å². The maximum atomic E-state index is 12.4. The van der Waals surface area contributed by atoms with Crippen LogP contribution in [0.3, 0.4) is 0 Å². The number of hydrogen-bond acceptors (Lipinski definition) is 4. The molecule has 5 nitrogen and oxygen atoms in total. The molecule has 2 rings (SSSR count). The van der Waals surface area contributed by atoms with Crippen LogP contribution in [-0.2, 0) is 14.8 Å². The van der Waals surface area contributed by atoms with Crippen LogP contribution in [0, 0.1) is 0 Å². The van der Waals surface area contributed by atoms with Crippen LogP contribution < -0.4 is 0 Å². The van der Waals surface area contributed by atoms with Crippen molar-refractivity contribution in [1.82, 2.24) is 9.29 Å². The van der Waals surface area contributed by atoms with Crippen LogP contribution in [0.4, 0.5) is 0 Å². The number of nitrogens with zero attached hydrogens (tertiary/aromatic N) is 2. The number of pyridine rings is 1. The Labute approximate surface area is 112 Å². The molecule has 0 aliphatic carbocycles. The summed E-state index contributed by atoms with van der Waals surface area (Å²) in [5.74, 6) is 0. The van der Waals surface area contributed by atoms with Gasteiger partial charge in [0, 0.05) is 19.9 Å². The van der Waals surface area contributed by atoms with Gasteiger partial charge in [0.1, 0.15) is 10.0 Å². The van der Waals surface area contributed by atoms with Gasteiger partial charge in [-0.3, -0.25) is 0 Å². The van der Waals surface area contributed by atoms with E-state index in [1.54, 1.807) is 7.05 Å². The predicted molar refractivity (Wildman–Crippen MR) is 68.0 cm³/mol.